The third kappa shape index (κ3) is 3.89. The van der Waals surface area contributed by atoms with Gasteiger partial charge in [0.25, 0.3) is 0 Å². The van der Waals surface area contributed by atoms with Crippen LogP contribution >= 0.6 is 0 Å². The number of rotatable bonds is 7. The lowest BCUT2D eigenvalue weighted by Crippen LogP contribution is -2.05. The van der Waals surface area contributed by atoms with Crippen LogP contribution in [0.5, 0.6) is 17.2 Å². The molecule has 0 aliphatic rings. The zero-order valence-electron chi connectivity index (χ0n) is 13.8. The van der Waals surface area contributed by atoms with Gasteiger partial charge in [-0.3, -0.25) is 9.59 Å². The van der Waals surface area contributed by atoms with Crippen molar-refractivity contribution in [3.8, 4) is 17.2 Å². The van der Waals surface area contributed by atoms with Crippen LogP contribution in [0.4, 0.5) is 0 Å². The van der Waals surface area contributed by atoms with Crippen LogP contribution in [0.3, 0.4) is 0 Å². The van der Waals surface area contributed by atoms with Crippen LogP contribution in [0.2, 0.25) is 0 Å². The lowest BCUT2D eigenvalue weighted by molar-refractivity contribution is 0.112. The van der Waals surface area contributed by atoms with Gasteiger partial charge in [0.1, 0.15) is 37.2 Å². The maximum atomic E-state index is 11.4. The van der Waals surface area contributed by atoms with E-state index in [4.69, 9.17) is 13.9 Å². The largest absolute Gasteiger partial charge is 0.502 e. The predicted octanol–water partition coefficient (Wildman–Crippen LogP) is 1.39. The van der Waals surface area contributed by atoms with Gasteiger partial charge in [0, 0.05) is 11.6 Å². The molecule has 0 aliphatic heterocycles. The normalized spacial score (nSPS) is 10.5. The first-order valence-corrected chi connectivity index (χ1v) is 7.54. The van der Waals surface area contributed by atoms with Crippen molar-refractivity contribution in [2.24, 2.45) is 0 Å². The first-order chi connectivity index (χ1) is 12.6. The number of aromatic hydroxyl groups is 1. The monoisotopic (exact) mass is 357 g/mol. The minimum Gasteiger partial charge on any atom is -0.502 e. The molecule has 1 N–H and O–H groups in total. The van der Waals surface area contributed by atoms with Crippen LogP contribution in [0.1, 0.15) is 21.8 Å². The molecule has 0 bridgehead atoms. The Morgan fingerprint density at radius 2 is 2.15 bits per heavy atom. The molecule has 0 saturated carbocycles. The van der Waals surface area contributed by atoms with Gasteiger partial charge in [0.15, 0.2) is 17.2 Å². The molecule has 1 aromatic carbocycles. The zero-order chi connectivity index (χ0) is 18.5. The summed E-state index contributed by atoms with van der Waals surface area (Å²) in [6.07, 6.45) is 3.32. The fraction of sp³-hybridized carbons (Fsp3) is 0.176. The van der Waals surface area contributed by atoms with Crippen molar-refractivity contribution in [1.82, 2.24) is 15.0 Å². The third-order valence-corrected chi connectivity index (χ3v) is 3.47. The average Bonchev–Trinajstić information content (AvgIpc) is 3.10. The summed E-state index contributed by atoms with van der Waals surface area (Å²) in [6.45, 7) is 0.282. The second-order valence-electron chi connectivity index (χ2n) is 5.32. The second-order valence-corrected chi connectivity index (χ2v) is 5.32. The lowest BCUT2D eigenvalue weighted by atomic mass is 10.2. The Kier molecular flexibility index (Phi) is 4.97. The quantitative estimate of drug-likeness (QED) is 0.631. The highest BCUT2D eigenvalue weighted by atomic mass is 16.5. The van der Waals surface area contributed by atoms with E-state index in [-0.39, 0.29) is 13.2 Å². The van der Waals surface area contributed by atoms with Crippen LogP contribution in [0.25, 0.3) is 0 Å². The number of ether oxygens (including phenoxy) is 2. The molecule has 134 valence electrons. The van der Waals surface area contributed by atoms with E-state index in [1.807, 2.05) is 0 Å². The molecular formula is C17H15N3O6. The minimum atomic E-state index is -0.530. The van der Waals surface area contributed by atoms with E-state index >= 15 is 0 Å². The summed E-state index contributed by atoms with van der Waals surface area (Å²) in [6, 6.07) is 6.02. The molecule has 0 amide bonds. The lowest BCUT2D eigenvalue weighted by Gasteiger charge is -2.09. The van der Waals surface area contributed by atoms with Gasteiger partial charge < -0.3 is 19.0 Å². The number of benzene rings is 1. The van der Waals surface area contributed by atoms with Gasteiger partial charge in [-0.15, -0.1) is 5.10 Å². The summed E-state index contributed by atoms with van der Waals surface area (Å²) in [4.78, 5) is 22.3. The second kappa shape index (κ2) is 7.51. The van der Waals surface area contributed by atoms with Crippen molar-refractivity contribution in [2.75, 3.05) is 7.11 Å². The maximum Gasteiger partial charge on any atom is 0.226 e. The van der Waals surface area contributed by atoms with E-state index in [0.29, 0.717) is 34.8 Å². The predicted molar refractivity (Wildman–Crippen MR) is 88.5 cm³/mol. The van der Waals surface area contributed by atoms with Gasteiger partial charge in [-0.1, -0.05) is 5.21 Å². The minimum absolute atomic E-state index is 0.109. The average molecular weight is 357 g/mol. The molecule has 0 unspecified atom stereocenters. The highest BCUT2D eigenvalue weighted by molar-refractivity contribution is 5.76. The summed E-state index contributed by atoms with van der Waals surface area (Å²) in [5.74, 6) is 0.781. The zero-order valence-corrected chi connectivity index (χ0v) is 13.8. The Morgan fingerprint density at radius 1 is 1.31 bits per heavy atom. The summed E-state index contributed by atoms with van der Waals surface area (Å²) in [5.41, 5.74) is 0.466. The molecule has 3 rings (SSSR count). The van der Waals surface area contributed by atoms with Crippen LogP contribution in [0.15, 0.2) is 45.9 Å². The van der Waals surface area contributed by atoms with Crippen LogP contribution in [-0.4, -0.2) is 33.5 Å². The molecule has 0 radical (unpaired) electrons. The topological polar surface area (TPSA) is 117 Å². The Balaban J connectivity index is 1.68. The number of carbonyl (C=O) groups is 1. The van der Waals surface area contributed by atoms with Crippen molar-refractivity contribution in [1.29, 1.82) is 0 Å². The van der Waals surface area contributed by atoms with Gasteiger partial charge in [0.2, 0.25) is 5.43 Å². The van der Waals surface area contributed by atoms with E-state index in [9.17, 15) is 14.7 Å². The smallest absolute Gasteiger partial charge is 0.226 e. The number of nitrogens with zero attached hydrogens (tertiary/aromatic N) is 3. The number of aromatic nitrogens is 3. The van der Waals surface area contributed by atoms with E-state index in [1.165, 1.54) is 17.9 Å². The van der Waals surface area contributed by atoms with Crippen molar-refractivity contribution in [3.63, 3.8) is 0 Å². The first-order valence-electron chi connectivity index (χ1n) is 7.54. The van der Waals surface area contributed by atoms with Gasteiger partial charge >= 0.3 is 0 Å². The van der Waals surface area contributed by atoms with E-state index < -0.39 is 11.2 Å². The number of aldehydes is 1. The number of carbonyl (C=O) groups excluding carboxylic acids is 1. The number of hydrogen-bond donors (Lipinski definition) is 1. The van der Waals surface area contributed by atoms with Gasteiger partial charge in [-0.05, 0) is 18.2 Å². The Labute approximate surface area is 147 Å². The molecular weight excluding hydrogens is 342 g/mol. The Bertz CT molecular complexity index is 979. The molecule has 2 heterocycles. The Hall–Kier alpha value is -3.62. The van der Waals surface area contributed by atoms with Crippen molar-refractivity contribution in [2.45, 2.75) is 13.2 Å². The Morgan fingerprint density at radius 3 is 2.88 bits per heavy atom. The molecule has 0 fully saturated rings. The van der Waals surface area contributed by atoms with Crippen LogP contribution < -0.4 is 14.9 Å². The van der Waals surface area contributed by atoms with Gasteiger partial charge in [-0.25, -0.2) is 4.68 Å². The SMILES string of the molecule is COc1ccc(C=O)cc1OCc1cn(Cc2cc(=O)c(O)co2)nn1. The molecule has 9 heteroatoms. The highest BCUT2D eigenvalue weighted by Gasteiger charge is 2.09. The summed E-state index contributed by atoms with van der Waals surface area (Å²) in [5, 5.41) is 17.1. The molecule has 26 heavy (non-hydrogen) atoms. The fourth-order valence-corrected chi connectivity index (χ4v) is 2.20. The van der Waals surface area contributed by atoms with Crippen molar-refractivity contribution >= 4 is 6.29 Å². The van der Waals surface area contributed by atoms with Gasteiger partial charge in [-0.2, -0.15) is 0 Å². The molecule has 0 saturated heterocycles. The van der Waals surface area contributed by atoms with Crippen molar-refractivity contribution in [3.05, 3.63) is 64.0 Å². The molecule has 9 nitrogen and oxygen atoms in total. The molecule has 3 aromatic rings. The number of methoxy groups -OCH3 is 1. The summed E-state index contributed by atoms with van der Waals surface area (Å²) < 4.78 is 17.4. The standard InChI is InChI=1S/C17H15N3O6/c1-24-16-3-2-11(8-21)4-17(16)26-9-12-6-20(19-18-12)7-13-5-14(22)15(23)10-25-13/h2-6,8,10,23H,7,9H2,1H3. The summed E-state index contributed by atoms with van der Waals surface area (Å²) >= 11 is 0. The third-order valence-electron chi connectivity index (χ3n) is 3.47. The first kappa shape index (κ1) is 17.2. The summed E-state index contributed by atoms with van der Waals surface area (Å²) in [7, 11) is 1.50. The molecule has 2 aromatic heterocycles. The van der Waals surface area contributed by atoms with E-state index in [0.717, 1.165) is 6.26 Å². The molecule has 0 aliphatic carbocycles. The van der Waals surface area contributed by atoms with Crippen molar-refractivity contribution < 1.29 is 23.8 Å². The number of hydrogen-bond acceptors (Lipinski definition) is 8. The van der Waals surface area contributed by atoms with Crippen LogP contribution in [-0.2, 0) is 13.2 Å². The van der Waals surface area contributed by atoms with E-state index in [2.05, 4.69) is 10.3 Å². The highest BCUT2D eigenvalue weighted by Crippen LogP contribution is 2.28. The van der Waals surface area contributed by atoms with E-state index in [1.54, 1.807) is 24.4 Å². The van der Waals surface area contributed by atoms with Gasteiger partial charge in [0.05, 0.1) is 13.3 Å². The maximum absolute atomic E-state index is 11.4. The molecule has 0 spiro atoms. The fourth-order valence-electron chi connectivity index (χ4n) is 2.20. The van der Waals surface area contributed by atoms with Crippen LogP contribution in [0, 0.1) is 0 Å². The molecule has 0 atom stereocenters.